The molecule has 0 saturated heterocycles. The van der Waals surface area contributed by atoms with E-state index >= 15 is 0 Å². The van der Waals surface area contributed by atoms with Crippen molar-refractivity contribution >= 4 is 33.2 Å². The Morgan fingerprint density at radius 3 is 2.81 bits per heavy atom. The van der Waals surface area contributed by atoms with Gasteiger partial charge in [-0.2, -0.15) is 0 Å². The van der Waals surface area contributed by atoms with Crippen molar-refractivity contribution in [2.24, 2.45) is 0 Å². The molecule has 1 aromatic carbocycles. The van der Waals surface area contributed by atoms with E-state index in [1.54, 1.807) is 11.3 Å². The number of hydrogen-bond acceptors (Lipinski definition) is 2. The summed E-state index contributed by atoms with van der Waals surface area (Å²) >= 11 is 5.17. The Kier molecular flexibility index (Phi) is 4.76. The van der Waals surface area contributed by atoms with Gasteiger partial charge >= 0.3 is 0 Å². The van der Waals surface area contributed by atoms with Crippen LogP contribution in [0.25, 0.3) is 0 Å². The number of hydrogen-bond donors (Lipinski definition) is 1. The van der Waals surface area contributed by atoms with Crippen LogP contribution in [0.15, 0.2) is 36.4 Å². The summed E-state index contributed by atoms with van der Waals surface area (Å²) in [5.74, 6) is 0.0646. The molecule has 1 N–H and O–H groups in total. The largest absolute Gasteiger partial charge is 0.347 e. The van der Waals surface area contributed by atoms with Gasteiger partial charge in [-0.1, -0.05) is 46.3 Å². The molecule has 1 aliphatic rings. The van der Waals surface area contributed by atoms with E-state index < -0.39 is 0 Å². The lowest BCUT2D eigenvalue weighted by Crippen LogP contribution is -2.37. The van der Waals surface area contributed by atoms with Crippen LogP contribution in [0.4, 0.5) is 0 Å². The topological polar surface area (TPSA) is 29.1 Å². The first-order chi connectivity index (χ1) is 10.3. The number of halogens is 1. The standard InChI is InChI=1S/C17H18BrNOS/c18-11-14(9-12-5-2-1-3-6-12)19-17(20)16-10-13-7-4-8-15(13)21-16/h1-3,5-6,10,14H,4,7-9,11H2,(H,19,20). The lowest BCUT2D eigenvalue weighted by Gasteiger charge is -2.15. The Morgan fingerprint density at radius 2 is 2.10 bits per heavy atom. The summed E-state index contributed by atoms with van der Waals surface area (Å²) in [6.07, 6.45) is 4.36. The predicted octanol–water partition coefficient (Wildman–Crippen LogP) is 3.97. The maximum absolute atomic E-state index is 12.4. The van der Waals surface area contributed by atoms with Crippen molar-refractivity contribution in [3.8, 4) is 0 Å². The SMILES string of the molecule is O=C(NC(CBr)Cc1ccccc1)c1cc2c(s1)CCC2. The zero-order valence-electron chi connectivity index (χ0n) is 11.8. The highest BCUT2D eigenvalue weighted by Gasteiger charge is 2.20. The number of alkyl halides is 1. The summed E-state index contributed by atoms with van der Waals surface area (Å²) < 4.78 is 0. The first kappa shape index (κ1) is 14.8. The molecule has 21 heavy (non-hydrogen) atoms. The van der Waals surface area contributed by atoms with Crippen LogP contribution in [0.2, 0.25) is 0 Å². The molecule has 0 aliphatic heterocycles. The highest BCUT2D eigenvalue weighted by Crippen LogP contribution is 2.30. The highest BCUT2D eigenvalue weighted by atomic mass is 79.9. The van der Waals surface area contributed by atoms with E-state index in [0.717, 1.165) is 29.5 Å². The zero-order valence-corrected chi connectivity index (χ0v) is 14.2. The van der Waals surface area contributed by atoms with Gasteiger partial charge in [0.05, 0.1) is 4.88 Å². The summed E-state index contributed by atoms with van der Waals surface area (Å²) in [5.41, 5.74) is 2.62. The summed E-state index contributed by atoms with van der Waals surface area (Å²) in [7, 11) is 0. The van der Waals surface area contributed by atoms with Crippen molar-refractivity contribution in [1.82, 2.24) is 5.32 Å². The quantitative estimate of drug-likeness (QED) is 0.800. The van der Waals surface area contributed by atoms with Crippen LogP contribution in [0.1, 0.15) is 32.1 Å². The van der Waals surface area contributed by atoms with Gasteiger partial charge in [-0.3, -0.25) is 4.79 Å². The zero-order chi connectivity index (χ0) is 14.7. The lowest BCUT2D eigenvalue weighted by atomic mass is 10.1. The minimum absolute atomic E-state index is 0.0646. The molecule has 1 aromatic heterocycles. The molecule has 4 heteroatoms. The van der Waals surface area contributed by atoms with Crippen LogP contribution >= 0.6 is 27.3 Å². The fourth-order valence-corrected chi connectivity index (χ4v) is 4.29. The second kappa shape index (κ2) is 6.75. The molecule has 1 heterocycles. The smallest absolute Gasteiger partial charge is 0.261 e. The molecule has 0 saturated carbocycles. The fourth-order valence-electron chi connectivity index (χ4n) is 2.74. The third-order valence-corrected chi connectivity index (χ3v) is 5.83. The minimum Gasteiger partial charge on any atom is -0.347 e. The molecule has 0 fully saturated rings. The van der Waals surface area contributed by atoms with E-state index in [1.165, 1.54) is 22.4 Å². The third kappa shape index (κ3) is 3.55. The molecule has 0 bridgehead atoms. The number of aryl methyl sites for hydroxylation is 2. The van der Waals surface area contributed by atoms with E-state index in [4.69, 9.17) is 0 Å². The average Bonchev–Trinajstić information content (AvgIpc) is 3.08. The molecule has 2 aromatic rings. The number of fused-ring (bicyclic) bond motifs is 1. The predicted molar refractivity (Wildman–Crippen MR) is 91.5 cm³/mol. The Bertz CT molecular complexity index is 601. The third-order valence-electron chi connectivity index (χ3n) is 3.82. The van der Waals surface area contributed by atoms with E-state index in [1.807, 2.05) is 18.2 Å². The van der Waals surface area contributed by atoms with Gasteiger partial charge in [0.1, 0.15) is 0 Å². The van der Waals surface area contributed by atoms with Crippen molar-refractivity contribution in [3.63, 3.8) is 0 Å². The second-order valence-corrected chi connectivity index (χ2v) is 7.21. The van der Waals surface area contributed by atoms with E-state index in [-0.39, 0.29) is 11.9 Å². The molecule has 2 nitrogen and oxygen atoms in total. The van der Waals surface area contributed by atoms with Crippen LogP contribution in [0, 0.1) is 0 Å². The summed E-state index contributed by atoms with van der Waals surface area (Å²) in [6.45, 7) is 0. The molecule has 0 spiro atoms. The second-order valence-electron chi connectivity index (χ2n) is 5.43. The molecule has 0 radical (unpaired) electrons. The number of amides is 1. The molecule has 110 valence electrons. The van der Waals surface area contributed by atoms with Crippen molar-refractivity contribution in [2.45, 2.75) is 31.7 Å². The van der Waals surface area contributed by atoms with Crippen molar-refractivity contribution in [2.75, 3.05) is 5.33 Å². The number of nitrogens with one attached hydrogen (secondary N) is 1. The van der Waals surface area contributed by atoms with Gasteiger partial charge in [-0.15, -0.1) is 11.3 Å². The maximum atomic E-state index is 12.4. The number of carbonyl (C=O) groups is 1. The first-order valence-electron chi connectivity index (χ1n) is 7.28. The Balaban J connectivity index is 1.64. The highest BCUT2D eigenvalue weighted by molar-refractivity contribution is 9.09. The van der Waals surface area contributed by atoms with Crippen LogP contribution < -0.4 is 5.32 Å². The molecule has 1 amide bonds. The van der Waals surface area contributed by atoms with Crippen LogP contribution in [0.3, 0.4) is 0 Å². The molecule has 1 atom stereocenters. The molecular weight excluding hydrogens is 346 g/mol. The minimum atomic E-state index is 0.0646. The van der Waals surface area contributed by atoms with Crippen LogP contribution in [-0.2, 0) is 19.3 Å². The Hall–Kier alpha value is -1.13. The first-order valence-corrected chi connectivity index (χ1v) is 9.22. The average molecular weight is 364 g/mol. The van der Waals surface area contributed by atoms with Crippen molar-refractivity contribution in [3.05, 3.63) is 57.3 Å². The van der Waals surface area contributed by atoms with Crippen LogP contribution in [-0.4, -0.2) is 17.3 Å². The molecule has 3 rings (SSSR count). The van der Waals surface area contributed by atoms with E-state index in [9.17, 15) is 4.79 Å². The van der Waals surface area contributed by atoms with E-state index in [0.29, 0.717) is 0 Å². The van der Waals surface area contributed by atoms with Crippen molar-refractivity contribution < 1.29 is 4.79 Å². The summed E-state index contributed by atoms with van der Waals surface area (Å²) in [4.78, 5) is 14.6. The van der Waals surface area contributed by atoms with E-state index in [2.05, 4.69) is 39.4 Å². The normalized spacial score (nSPS) is 14.7. The maximum Gasteiger partial charge on any atom is 0.261 e. The number of benzene rings is 1. The molecule has 1 unspecified atom stereocenters. The molecule has 1 aliphatic carbocycles. The van der Waals surface area contributed by atoms with Gasteiger partial charge in [0.25, 0.3) is 5.91 Å². The Labute approximate surface area is 137 Å². The summed E-state index contributed by atoms with van der Waals surface area (Å²) in [6, 6.07) is 12.5. The lowest BCUT2D eigenvalue weighted by molar-refractivity contribution is 0.0945. The monoisotopic (exact) mass is 363 g/mol. The van der Waals surface area contributed by atoms with Gasteiger partial charge in [-0.05, 0) is 42.9 Å². The number of rotatable bonds is 5. The van der Waals surface area contributed by atoms with Gasteiger partial charge in [0.2, 0.25) is 0 Å². The van der Waals surface area contributed by atoms with Gasteiger partial charge < -0.3 is 5.32 Å². The van der Waals surface area contributed by atoms with Gasteiger partial charge in [0, 0.05) is 16.2 Å². The number of carbonyl (C=O) groups excluding carboxylic acids is 1. The molecular formula is C17H18BrNOS. The fraction of sp³-hybridized carbons (Fsp3) is 0.353. The number of thiophene rings is 1. The summed E-state index contributed by atoms with van der Waals surface area (Å²) in [5, 5.41) is 3.91. The van der Waals surface area contributed by atoms with Gasteiger partial charge in [-0.25, -0.2) is 0 Å². The Morgan fingerprint density at radius 1 is 1.29 bits per heavy atom. The van der Waals surface area contributed by atoms with Gasteiger partial charge in [0.15, 0.2) is 0 Å². The van der Waals surface area contributed by atoms with Crippen LogP contribution in [0.5, 0.6) is 0 Å². The van der Waals surface area contributed by atoms with Crippen molar-refractivity contribution in [1.29, 1.82) is 0 Å².